The van der Waals surface area contributed by atoms with Crippen LogP contribution in [0, 0.1) is 0 Å². The molecule has 33 heavy (non-hydrogen) atoms. The fraction of sp³-hybridized carbons (Fsp3) is 0.444. The van der Waals surface area contributed by atoms with Crippen LogP contribution in [0.5, 0.6) is 5.75 Å². The molecule has 2 aromatic carbocycles. The van der Waals surface area contributed by atoms with Crippen molar-refractivity contribution in [2.45, 2.75) is 64.2 Å². The van der Waals surface area contributed by atoms with E-state index in [0.717, 1.165) is 43.4 Å². The first-order chi connectivity index (χ1) is 16.0. The predicted octanol–water partition coefficient (Wildman–Crippen LogP) is 6.48. The molecule has 0 saturated carbocycles. The van der Waals surface area contributed by atoms with Crippen molar-refractivity contribution in [3.05, 3.63) is 71.4 Å². The smallest absolute Gasteiger partial charge is 0.325 e. The summed E-state index contributed by atoms with van der Waals surface area (Å²) >= 11 is 0. The average molecular weight is 470 g/mol. The van der Waals surface area contributed by atoms with Crippen molar-refractivity contribution in [1.82, 2.24) is 4.98 Å². The molecular formula is C27H36NO4P. The van der Waals surface area contributed by atoms with Gasteiger partial charge in [-0.2, -0.15) is 0 Å². The normalized spacial score (nSPS) is 11.7. The minimum absolute atomic E-state index is 0.0233. The number of hydrogen-bond donors (Lipinski definition) is 2. The summed E-state index contributed by atoms with van der Waals surface area (Å²) in [6.45, 7) is 0. The number of rotatable bonds is 14. The number of fused-ring (bicyclic) bond motifs is 1. The number of unbranched alkanes of at least 4 members (excludes halogenated alkanes) is 5. The van der Waals surface area contributed by atoms with E-state index >= 15 is 0 Å². The van der Waals surface area contributed by atoms with Crippen LogP contribution in [0.15, 0.2) is 54.7 Å². The maximum atomic E-state index is 11.0. The lowest BCUT2D eigenvalue weighted by Gasteiger charge is -2.11. The van der Waals surface area contributed by atoms with E-state index in [0.29, 0.717) is 6.42 Å². The van der Waals surface area contributed by atoms with Gasteiger partial charge in [0, 0.05) is 17.7 Å². The van der Waals surface area contributed by atoms with Crippen molar-refractivity contribution in [2.24, 2.45) is 0 Å². The molecule has 0 unspecified atom stereocenters. The number of aromatic nitrogens is 1. The van der Waals surface area contributed by atoms with E-state index < -0.39 is 7.60 Å². The van der Waals surface area contributed by atoms with Gasteiger partial charge >= 0.3 is 7.60 Å². The molecule has 178 valence electrons. The van der Waals surface area contributed by atoms with Gasteiger partial charge in [-0.15, -0.1) is 0 Å². The van der Waals surface area contributed by atoms with Crippen LogP contribution >= 0.6 is 7.60 Å². The Bertz CT molecular complexity index is 1060. The summed E-state index contributed by atoms with van der Waals surface area (Å²) in [4.78, 5) is 22.6. The summed E-state index contributed by atoms with van der Waals surface area (Å²) in [6.07, 6.45) is 12.0. The van der Waals surface area contributed by atoms with Crippen LogP contribution in [0.4, 0.5) is 0 Å². The highest BCUT2D eigenvalue weighted by Crippen LogP contribution is 2.35. The molecule has 3 rings (SSSR count). The van der Waals surface area contributed by atoms with Gasteiger partial charge in [0.1, 0.15) is 5.75 Å². The quantitative estimate of drug-likeness (QED) is 0.209. The molecule has 0 aliphatic rings. The molecule has 0 atom stereocenters. The fourth-order valence-corrected chi connectivity index (χ4v) is 4.98. The molecule has 0 aliphatic carbocycles. The van der Waals surface area contributed by atoms with Crippen LogP contribution in [0.1, 0.15) is 61.6 Å². The second kappa shape index (κ2) is 12.9. The van der Waals surface area contributed by atoms with Gasteiger partial charge in [-0.25, -0.2) is 0 Å². The fourth-order valence-electron chi connectivity index (χ4n) is 4.35. The number of methoxy groups -OCH3 is 1. The second-order valence-corrected chi connectivity index (χ2v) is 10.5. The average Bonchev–Trinajstić information content (AvgIpc) is 2.81. The van der Waals surface area contributed by atoms with Crippen molar-refractivity contribution in [3.63, 3.8) is 0 Å². The van der Waals surface area contributed by atoms with E-state index in [1.54, 1.807) is 7.11 Å². The molecule has 6 heteroatoms. The monoisotopic (exact) mass is 469 g/mol. The Labute approximate surface area is 197 Å². The van der Waals surface area contributed by atoms with E-state index in [1.165, 1.54) is 47.8 Å². The Morgan fingerprint density at radius 3 is 2.27 bits per heavy atom. The summed E-state index contributed by atoms with van der Waals surface area (Å²) in [7, 11) is -2.17. The third kappa shape index (κ3) is 8.58. The van der Waals surface area contributed by atoms with Gasteiger partial charge in [-0.3, -0.25) is 9.55 Å². The standard InChI is InChI=1S/C27H36NO4P/c1-32-25-15-9-12-22(21-25)11-5-2-3-6-13-23-17-18-24(27-26(23)16-10-19-28-27)14-7-4-8-20-33(29,30)31/h9-10,12,15-19,21H,2-8,11,13-14,20H2,1H3,(H2,29,30,31). The summed E-state index contributed by atoms with van der Waals surface area (Å²) in [5, 5.41) is 1.24. The first-order valence-electron chi connectivity index (χ1n) is 12.0. The van der Waals surface area contributed by atoms with Gasteiger partial charge in [0.2, 0.25) is 0 Å². The molecule has 0 radical (unpaired) electrons. The maximum absolute atomic E-state index is 11.0. The number of aryl methyl sites for hydroxylation is 3. The molecule has 0 bridgehead atoms. The van der Waals surface area contributed by atoms with Crippen molar-refractivity contribution in [3.8, 4) is 5.75 Å². The van der Waals surface area contributed by atoms with Gasteiger partial charge in [-0.1, -0.05) is 49.6 Å². The predicted molar refractivity (Wildman–Crippen MR) is 135 cm³/mol. The van der Waals surface area contributed by atoms with Gasteiger partial charge in [0.25, 0.3) is 0 Å². The van der Waals surface area contributed by atoms with E-state index in [2.05, 4.69) is 41.4 Å². The largest absolute Gasteiger partial charge is 0.497 e. The Kier molecular flexibility index (Phi) is 9.93. The van der Waals surface area contributed by atoms with Crippen LogP contribution in [0.3, 0.4) is 0 Å². The van der Waals surface area contributed by atoms with Crippen LogP contribution in [-0.2, 0) is 23.8 Å². The summed E-state index contributed by atoms with van der Waals surface area (Å²) < 4.78 is 16.3. The number of hydrogen-bond acceptors (Lipinski definition) is 3. The Hall–Kier alpha value is -2.20. The zero-order valence-electron chi connectivity index (χ0n) is 19.6. The molecule has 0 saturated heterocycles. The molecule has 2 N–H and O–H groups in total. The second-order valence-electron chi connectivity index (χ2n) is 8.75. The SMILES string of the molecule is COc1cccc(CCCCCCc2ccc(CCCCCP(=O)(O)O)c3ncccc23)c1. The molecule has 1 heterocycles. The Morgan fingerprint density at radius 1 is 0.818 bits per heavy atom. The molecule has 3 aromatic rings. The molecule has 0 fully saturated rings. The molecule has 0 spiro atoms. The third-order valence-corrected chi connectivity index (χ3v) is 7.03. The number of nitrogens with zero attached hydrogens (tertiary/aromatic N) is 1. The zero-order chi connectivity index (χ0) is 23.5. The van der Waals surface area contributed by atoms with Gasteiger partial charge < -0.3 is 14.5 Å². The van der Waals surface area contributed by atoms with Gasteiger partial charge in [0.15, 0.2) is 0 Å². The number of pyridine rings is 1. The maximum Gasteiger partial charge on any atom is 0.325 e. The van der Waals surface area contributed by atoms with Crippen LogP contribution in [0.2, 0.25) is 0 Å². The Balaban J connectivity index is 1.45. The third-order valence-electron chi connectivity index (χ3n) is 6.13. The number of ether oxygens (including phenoxy) is 1. The van der Waals surface area contributed by atoms with Crippen LogP contribution in [0.25, 0.3) is 10.9 Å². The summed E-state index contributed by atoms with van der Waals surface area (Å²) in [6, 6.07) is 16.9. The highest BCUT2D eigenvalue weighted by molar-refractivity contribution is 7.51. The topological polar surface area (TPSA) is 79.7 Å². The lowest BCUT2D eigenvalue weighted by molar-refractivity contribution is 0.371. The van der Waals surface area contributed by atoms with Gasteiger partial charge in [0.05, 0.1) is 12.6 Å². The molecule has 1 aromatic heterocycles. The van der Waals surface area contributed by atoms with E-state index in [4.69, 9.17) is 14.5 Å². The highest BCUT2D eigenvalue weighted by Gasteiger charge is 2.12. The Morgan fingerprint density at radius 2 is 1.52 bits per heavy atom. The van der Waals surface area contributed by atoms with E-state index in [1.807, 2.05) is 18.3 Å². The summed E-state index contributed by atoms with van der Waals surface area (Å²) in [5.41, 5.74) is 4.99. The zero-order valence-corrected chi connectivity index (χ0v) is 20.5. The first-order valence-corrected chi connectivity index (χ1v) is 13.8. The van der Waals surface area contributed by atoms with Crippen molar-refractivity contribution in [2.75, 3.05) is 13.3 Å². The molecular weight excluding hydrogens is 433 g/mol. The minimum atomic E-state index is -3.88. The van der Waals surface area contributed by atoms with Gasteiger partial charge in [-0.05, 0) is 79.8 Å². The lowest BCUT2D eigenvalue weighted by atomic mass is 9.96. The minimum Gasteiger partial charge on any atom is -0.497 e. The highest BCUT2D eigenvalue weighted by atomic mass is 31.2. The lowest BCUT2D eigenvalue weighted by Crippen LogP contribution is -1.96. The van der Waals surface area contributed by atoms with Crippen LogP contribution < -0.4 is 4.74 Å². The summed E-state index contributed by atoms with van der Waals surface area (Å²) in [5.74, 6) is 0.928. The molecule has 5 nitrogen and oxygen atoms in total. The van der Waals surface area contributed by atoms with Crippen LogP contribution in [-0.4, -0.2) is 28.0 Å². The van der Waals surface area contributed by atoms with E-state index in [9.17, 15) is 4.57 Å². The van der Waals surface area contributed by atoms with Crippen molar-refractivity contribution < 1.29 is 19.1 Å². The first kappa shape index (κ1) is 25.4. The van der Waals surface area contributed by atoms with E-state index in [-0.39, 0.29) is 6.16 Å². The van der Waals surface area contributed by atoms with Crippen molar-refractivity contribution in [1.29, 1.82) is 0 Å². The molecule has 0 amide bonds. The van der Waals surface area contributed by atoms with Crippen molar-refractivity contribution >= 4 is 18.5 Å². The number of benzene rings is 2. The molecule has 0 aliphatic heterocycles.